The molecule has 1 saturated heterocycles. The van der Waals surface area contributed by atoms with Crippen LogP contribution in [0.25, 0.3) is 11.0 Å². The number of allylic oxidation sites excluding steroid dienone is 3. The van der Waals surface area contributed by atoms with Gasteiger partial charge in [0.25, 0.3) is 0 Å². The van der Waals surface area contributed by atoms with E-state index < -0.39 is 11.9 Å². The Hall–Kier alpha value is -3.19. The van der Waals surface area contributed by atoms with Gasteiger partial charge in [0.1, 0.15) is 12.2 Å². The topological polar surface area (TPSA) is 94.8 Å². The third-order valence-corrected chi connectivity index (χ3v) is 6.90. The van der Waals surface area contributed by atoms with Crippen molar-refractivity contribution < 1.29 is 23.5 Å². The van der Waals surface area contributed by atoms with Crippen LogP contribution in [0.4, 0.5) is 0 Å². The molecule has 0 amide bonds. The Morgan fingerprint density at radius 1 is 1.21 bits per heavy atom. The normalized spacial score (nSPS) is 24.3. The summed E-state index contributed by atoms with van der Waals surface area (Å²) >= 11 is 0. The Bertz CT molecular complexity index is 1290. The van der Waals surface area contributed by atoms with E-state index in [1.807, 2.05) is 13.8 Å². The summed E-state index contributed by atoms with van der Waals surface area (Å²) in [5.41, 5.74) is 2.31. The van der Waals surface area contributed by atoms with Crippen molar-refractivity contribution in [3.63, 3.8) is 0 Å². The van der Waals surface area contributed by atoms with Crippen LogP contribution in [0.15, 0.2) is 62.3 Å². The lowest BCUT2D eigenvalue weighted by Gasteiger charge is -2.39. The van der Waals surface area contributed by atoms with Crippen molar-refractivity contribution in [1.82, 2.24) is 5.32 Å². The van der Waals surface area contributed by atoms with Crippen LogP contribution in [-0.4, -0.2) is 31.1 Å². The van der Waals surface area contributed by atoms with Crippen LogP contribution in [0.2, 0.25) is 0 Å². The third kappa shape index (κ3) is 3.98. The Kier molecular flexibility index (Phi) is 5.68. The molecule has 3 aliphatic rings. The van der Waals surface area contributed by atoms with E-state index in [2.05, 4.69) is 5.32 Å². The molecule has 3 heterocycles. The first kappa shape index (κ1) is 22.6. The highest BCUT2D eigenvalue weighted by Gasteiger charge is 2.44. The molecule has 0 spiro atoms. The summed E-state index contributed by atoms with van der Waals surface area (Å²) in [5, 5.41) is 3.70. The minimum absolute atomic E-state index is 0.0757. The summed E-state index contributed by atoms with van der Waals surface area (Å²) < 4.78 is 17.0. The third-order valence-electron chi connectivity index (χ3n) is 6.90. The number of nitrogens with one attached hydrogen (secondary N) is 1. The van der Waals surface area contributed by atoms with Crippen molar-refractivity contribution in [1.29, 1.82) is 0 Å². The number of ether oxygens (including phenoxy) is 2. The van der Waals surface area contributed by atoms with Gasteiger partial charge in [0.15, 0.2) is 11.2 Å². The molecular weight excluding hydrogens is 434 g/mol. The molecule has 2 atom stereocenters. The van der Waals surface area contributed by atoms with Crippen molar-refractivity contribution >= 4 is 22.7 Å². The maximum atomic E-state index is 13.6. The standard InChI is InChI=1S/C27H29NO6/c1-15-22(26(31)34-13-16-7-6-10-32-16)23(24-19(28-15)11-27(2,3)12-20(24)29)18-14-33-21-9-5-4-8-17(21)25(18)30/h4-5,8-9,14,16,23,28H,6-7,10-13H2,1-3H3. The molecule has 5 rings (SSSR count). The predicted octanol–water partition coefficient (Wildman–Crippen LogP) is 4.12. The van der Waals surface area contributed by atoms with Crippen molar-refractivity contribution in [3.05, 3.63) is 68.9 Å². The van der Waals surface area contributed by atoms with E-state index in [9.17, 15) is 14.4 Å². The summed E-state index contributed by atoms with van der Waals surface area (Å²) in [6.07, 6.45) is 4.01. The van der Waals surface area contributed by atoms with Crippen LogP contribution in [0.1, 0.15) is 57.9 Å². The lowest BCUT2D eigenvalue weighted by atomic mass is 9.68. The minimum atomic E-state index is -0.849. The summed E-state index contributed by atoms with van der Waals surface area (Å²) in [4.78, 5) is 40.4. The van der Waals surface area contributed by atoms with Gasteiger partial charge in [-0.25, -0.2) is 4.79 Å². The smallest absolute Gasteiger partial charge is 0.336 e. The Morgan fingerprint density at radius 2 is 2.00 bits per heavy atom. The zero-order valence-electron chi connectivity index (χ0n) is 19.7. The number of carbonyl (C=O) groups excluding carboxylic acids is 2. The number of rotatable bonds is 4. The fraction of sp³-hybridized carbons (Fsp3) is 0.444. The summed E-state index contributed by atoms with van der Waals surface area (Å²) in [7, 11) is 0. The van der Waals surface area contributed by atoms with Gasteiger partial charge in [0.2, 0.25) is 0 Å². The second-order valence-corrected chi connectivity index (χ2v) is 10.2. The molecule has 0 radical (unpaired) electrons. The largest absolute Gasteiger partial charge is 0.464 e. The van der Waals surface area contributed by atoms with Gasteiger partial charge in [-0.05, 0) is 43.7 Å². The predicted molar refractivity (Wildman–Crippen MR) is 126 cm³/mol. The van der Waals surface area contributed by atoms with Gasteiger partial charge < -0.3 is 19.2 Å². The van der Waals surface area contributed by atoms with E-state index in [4.69, 9.17) is 13.9 Å². The lowest BCUT2D eigenvalue weighted by molar-refractivity contribution is -0.142. The SMILES string of the molecule is CC1=C(C(=O)OCC2CCCO2)C(c2coc3ccccc3c2=O)C2=C(CC(C)(C)CC2=O)N1. The number of fused-ring (bicyclic) bond motifs is 1. The average Bonchev–Trinajstić information content (AvgIpc) is 3.30. The monoisotopic (exact) mass is 463 g/mol. The summed E-state index contributed by atoms with van der Waals surface area (Å²) in [6, 6.07) is 6.97. The van der Waals surface area contributed by atoms with E-state index >= 15 is 0 Å². The van der Waals surface area contributed by atoms with Crippen molar-refractivity contribution in [2.75, 3.05) is 13.2 Å². The molecule has 1 aromatic carbocycles. The summed E-state index contributed by atoms with van der Waals surface area (Å²) in [5.74, 6) is -1.48. The lowest BCUT2D eigenvalue weighted by Crippen LogP contribution is -2.40. The molecule has 2 unspecified atom stereocenters. The highest BCUT2D eigenvalue weighted by molar-refractivity contribution is 6.04. The Labute approximate surface area is 197 Å². The quantitative estimate of drug-likeness (QED) is 0.682. The number of hydrogen-bond acceptors (Lipinski definition) is 7. The van der Waals surface area contributed by atoms with Crippen LogP contribution in [0, 0.1) is 5.41 Å². The molecule has 0 bridgehead atoms. The van der Waals surface area contributed by atoms with E-state index in [-0.39, 0.29) is 40.5 Å². The Morgan fingerprint density at radius 3 is 2.76 bits per heavy atom. The van der Waals surface area contributed by atoms with Gasteiger partial charge in [-0.2, -0.15) is 0 Å². The number of carbonyl (C=O) groups is 2. The van der Waals surface area contributed by atoms with Crippen LogP contribution in [0.5, 0.6) is 0 Å². The van der Waals surface area contributed by atoms with E-state index in [1.54, 1.807) is 31.2 Å². The fourth-order valence-corrected chi connectivity index (χ4v) is 5.33. The van der Waals surface area contributed by atoms with Crippen LogP contribution in [0.3, 0.4) is 0 Å². The molecule has 1 aliphatic carbocycles. The van der Waals surface area contributed by atoms with Gasteiger partial charge in [-0.3, -0.25) is 9.59 Å². The molecule has 2 aliphatic heterocycles. The van der Waals surface area contributed by atoms with E-state index in [0.29, 0.717) is 41.7 Å². The number of benzene rings is 1. The summed E-state index contributed by atoms with van der Waals surface area (Å²) in [6.45, 7) is 6.67. The molecule has 1 fully saturated rings. The Balaban J connectivity index is 1.62. The first-order chi connectivity index (χ1) is 16.2. The number of para-hydroxylation sites is 1. The molecule has 178 valence electrons. The highest BCUT2D eigenvalue weighted by atomic mass is 16.6. The van der Waals surface area contributed by atoms with Crippen LogP contribution >= 0.6 is 0 Å². The molecule has 0 saturated carbocycles. The van der Waals surface area contributed by atoms with Crippen LogP contribution in [-0.2, 0) is 19.1 Å². The van der Waals surface area contributed by atoms with E-state index in [1.165, 1.54) is 6.26 Å². The molecule has 1 aromatic heterocycles. The number of Topliss-reactive ketones (excluding diaryl/α,β-unsaturated/α-hetero) is 1. The van der Waals surface area contributed by atoms with Crippen molar-refractivity contribution in [2.24, 2.45) is 5.41 Å². The van der Waals surface area contributed by atoms with Gasteiger partial charge in [-0.1, -0.05) is 26.0 Å². The molecule has 7 heteroatoms. The fourth-order valence-electron chi connectivity index (χ4n) is 5.33. The molecule has 7 nitrogen and oxygen atoms in total. The average molecular weight is 464 g/mol. The number of esters is 1. The molecular formula is C27H29NO6. The van der Waals surface area contributed by atoms with Crippen LogP contribution < -0.4 is 10.7 Å². The first-order valence-electron chi connectivity index (χ1n) is 11.8. The number of ketones is 1. The zero-order valence-corrected chi connectivity index (χ0v) is 19.7. The van der Waals surface area contributed by atoms with Gasteiger partial charge in [-0.15, -0.1) is 0 Å². The minimum Gasteiger partial charge on any atom is -0.464 e. The highest BCUT2D eigenvalue weighted by Crippen LogP contribution is 2.46. The van der Waals surface area contributed by atoms with Gasteiger partial charge >= 0.3 is 5.97 Å². The first-order valence-corrected chi connectivity index (χ1v) is 11.8. The molecule has 34 heavy (non-hydrogen) atoms. The maximum Gasteiger partial charge on any atom is 0.336 e. The van der Waals surface area contributed by atoms with E-state index in [0.717, 1.165) is 18.5 Å². The second kappa shape index (κ2) is 8.55. The van der Waals surface area contributed by atoms with Crippen molar-refractivity contribution in [3.8, 4) is 0 Å². The molecule has 2 aromatic rings. The van der Waals surface area contributed by atoms with Crippen molar-refractivity contribution in [2.45, 2.75) is 58.5 Å². The zero-order chi connectivity index (χ0) is 24.0. The number of hydrogen-bond donors (Lipinski definition) is 1. The maximum absolute atomic E-state index is 13.6. The second-order valence-electron chi connectivity index (χ2n) is 10.2. The molecule has 1 N–H and O–H groups in total. The van der Waals surface area contributed by atoms with Gasteiger partial charge in [0, 0.05) is 35.6 Å². The number of dihydropyridines is 1. The van der Waals surface area contributed by atoms with Gasteiger partial charge in [0.05, 0.1) is 29.2 Å².